The summed E-state index contributed by atoms with van der Waals surface area (Å²) in [5, 5.41) is 7.91. The lowest BCUT2D eigenvalue weighted by molar-refractivity contribution is 0.143. The average molecular weight is 382 g/mol. The Hall–Kier alpha value is -3.22. The Morgan fingerprint density at radius 1 is 1.21 bits per heavy atom. The Labute approximate surface area is 165 Å². The minimum atomic E-state index is 0.410. The van der Waals surface area contributed by atoms with E-state index >= 15 is 0 Å². The van der Waals surface area contributed by atoms with Crippen LogP contribution in [0.15, 0.2) is 53.3 Å². The molecular weight excluding hydrogens is 356 g/mol. The third kappa shape index (κ3) is 6.83. The van der Waals surface area contributed by atoms with Crippen molar-refractivity contribution < 1.29 is 14.4 Å². The van der Waals surface area contributed by atoms with Gasteiger partial charge in [0.25, 0.3) is 0 Å². The molecule has 0 spiro atoms. The molecule has 2 rings (SSSR count). The summed E-state index contributed by atoms with van der Waals surface area (Å²) in [4.78, 5) is 19.1. The zero-order valence-corrected chi connectivity index (χ0v) is 16.6. The van der Waals surface area contributed by atoms with Gasteiger partial charge in [0, 0.05) is 11.4 Å². The first-order valence-electron chi connectivity index (χ1n) is 9.04. The Bertz CT molecular complexity index is 834. The molecule has 28 heavy (non-hydrogen) atoms. The van der Waals surface area contributed by atoms with E-state index in [1.54, 1.807) is 12.3 Å². The van der Waals surface area contributed by atoms with Crippen molar-refractivity contribution in [3.05, 3.63) is 65.8 Å². The molecule has 0 atom stereocenters. The molecule has 0 amide bonds. The van der Waals surface area contributed by atoms with E-state index in [0.29, 0.717) is 24.7 Å². The summed E-state index contributed by atoms with van der Waals surface area (Å²) in [5.74, 6) is 0.645. The highest BCUT2D eigenvalue weighted by atomic mass is 16.6. The second-order valence-corrected chi connectivity index (χ2v) is 5.98. The van der Waals surface area contributed by atoms with Gasteiger partial charge in [-0.05, 0) is 51.0 Å². The zero-order valence-electron chi connectivity index (χ0n) is 16.6. The molecule has 0 aromatic carbocycles. The topological polar surface area (TPSA) is 78.2 Å². The molecule has 0 aliphatic carbocycles. The van der Waals surface area contributed by atoms with Crippen molar-refractivity contribution in [3.8, 4) is 5.75 Å². The molecule has 0 saturated carbocycles. The maximum Gasteiger partial charge on any atom is 0.147 e. The molecule has 0 aliphatic heterocycles. The van der Waals surface area contributed by atoms with Crippen LogP contribution < -0.4 is 4.74 Å². The van der Waals surface area contributed by atoms with Crippen molar-refractivity contribution >= 4 is 11.9 Å². The number of rotatable bonds is 11. The molecule has 0 bridgehead atoms. The molecule has 0 unspecified atom stereocenters. The first kappa shape index (κ1) is 21.1. The van der Waals surface area contributed by atoms with Crippen molar-refractivity contribution in [1.29, 1.82) is 0 Å². The van der Waals surface area contributed by atoms with E-state index in [-0.39, 0.29) is 0 Å². The SMILES string of the molecule is C=CCOc1ccc(C)nc1/C=N/OCCCc1cccc(/C(C)=N/OC)n1. The molecule has 2 heterocycles. The first-order valence-corrected chi connectivity index (χ1v) is 9.04. The lowest BCUT2D eigenvalue weighted by atomic mass is 10.2. The Morgan fingerprint density at radius 3 is 2.86 bits per heavy atom. The average Bonchev–Trinajstić information content (AvgIpc) is 2.70. The first-order chi connectivity index (χ1) is 13.6. The smallest absolute Gasteiger partial charge is 0.147 e. The molecule has 2 aromatic heterocycles. The highest BCUT2D eigenvalue weighted by molar-refractivity contribution is 5.96. The Balaban J connectivity index is 1.83. The number of ether oxygens (including phenoxy) is 1. The summed E-state index contributed by atoms with van der Waals surface area (Å²) >= 11 is 0. The van der Waals surface area contributed by atoms with Gasteiger partial charge in [-0.15, -0.1) is 0 Å². The molecule has 0 saturated heterocycles. The fourth-order valence-electron chi connectivity index (χ4n) is 2.39. The van der Waals surface area contributed by atoms with Crippen LogP contribution in [0.25, 0.3) is 0 Å². The van der Waals surface area contributed by atoms with E-state index in [4.69, 9.17) is 14.4 Å². The van der Waals surface area contributed by atoms with Crippen LogP contribution in [0.3, 0.4) is 0 Å². The molecule has 7 nitrogen and oxygen atoms in total. The van der Waals surface area contributed by atoms with E-state index in [1.165, 1.54) is 7.11 Å². The van der Waals surface area contributed by atoms with Crippen LogP contribution in [0.4, 0.5) is 0 Å². The molecule has 0 aliphatic rings. The largest absolute Gasteiger partial charge is 0.487 e. The van der Waals surface area contributed by atoms with Gasteiger partial charge in [0.05, 0.1) is 11.9 Å². The van der Waals surface area contributed by atoms with E-state index < -0.39 is 0 Å². The van der Waals surface area contributed by atoms with Gasteiger partial charge in [0.1, 0.15) is 37.5 Å². The molecule has 0 N–H and O–H groups in total. The minimum absolute atomic E-state index is 0.410. The molecule has 0 fully saturated rings. The fraction of sp³-hybridized carbons (Fsp3) is 0.333. The van der Waals surface area contributed by atoms with E-state index in [9.17, 15) is 0 Å². The van der Waals surface area contributed by atoms with Crippen LogP contribution in [-0.4, -0.2) is 42.2 Å². The number of hydrogen-bond donors (Lipinski definition) is 0. The summed E-state index contributed by atoms with van der Waals surface area (Å²) in [6, 6.07) is 9.59. The number of hydrogen-bond acceptors (Lipinski definition) is 7. The second-order valence-electron chi connectivity index (χ2n) is 5.98. The Morgan fingerprint density at radius 2 is 2.07 bits per heavy atom. The van der Waals surface area contributed by atoms with Gasteiger partial charge in [-0.2, -0.15) is 0 Å². The minimum Gasteiger partial charge on any atom is -0.487 e. The van der Waals surface area contributed by atoms with Crippen molar-refractivity contribution in [2.75, 3.05) is 20.3 Å². The van der Waals surface area contributed by atoms with Crippen molar-refractivity contribution in [2.45, 2.75) is 26.7 Å². The lowest BCUT2D eigenvalue weighted by Gasteiger charge is -2.07. The van der Waals surface area contributed by atoms with Gasteiger partial charge in [0.15, 0.2) is 0 Å². The van der Waals surface area contributed by atoms with E-state index in [2.05, 4.69) is 26.9 Å². The zero-order chi connectivity index (χ0) is 20.2. The van der Waals surface area contributed by atoms with Crippen molar-refractivity contribution in [2.24, 2.45) is 10.3 Å². The van der Waals surface area contributed by atoms with Gasteiger partial charge < -0.3 is 14.4 Å². The van der Waals surface area contributed by atoms with Gasteiger partial charge in [0.2, 0.25) is 0 Å². The summed E-state index contributed by atoms with van der Waals surface area (Å²) in [7, 11) is 1.52. The quantitative estimate of drug-likeness (QED) is 0.256. The van der Waals surface area contributed by atoms with Crippen LogP contribution in [0.2, 0.25) is 0 Å². The highest BCUT2D eigenvalue weighted by Crippen LogP contribution is 2.15. The molecule has 2 aromatic rings. The predicted octanol–water partition coefficient (Wildman–Crippen LogP) is 3.70. The molecule has 7 heteroatoms. The molecular formula is C21H26N4O3. The number of nitrogens with zero attached hydrogens (tertiary/aromatic N) is 4. The summed E-state index contributed by atoms with van der Waals surface area (Å²) in [5.41, 5.74) is 4.02. The molecule has 148 valence electrons. The number of aromatic nitrogens is 2. The van der Waals surface area contributed by atoms with Crippen LogP contribution in [-0.2, 0) is 16.1 Å². The highest BCUT2D eigenvalue weighted by Gasteiger charge is 2.04. The number of oxime groups is 2. The van der Waals surface area contributed by atoms with Crippen molar-refractivity contribution in [1.82, 2.24) is 9.97 Å². The predicted molar refractivity (Wildman–Crippen MR) is 110 cm³/mol. The summed E-state index contributed by atoms with van der Waals surface area (Å²) < 4.78 is 5.57. The lowest BCUT2D eigenvalue weighted by Crippen LogP contribution is -2.03. The van der Waals surface area contributed by atoms with Crippen LogP contribution in [0.1, 0.15) is 36.1 Å². The van der Waals surface area contributed by atoms with Gasteiger partial charge in [-0.25, -0.2) is 4.98 Å². The maximum atomic E-state index is 5.57. The number of aryl methyl sites for hydroxylation is 2. The third-order valence-electron chi connectivity index (χ3n) is 3.71. The van der Waals surface area contributed by atoms with E-state index in [1.807, 2.05) is 44.2 Å². The second kappa shape index (κ2) is 11.5. The summed E-state index contributed by atoms with van der Waals surface area (Å²) in [6.45, 7) is 8.30. The van der Waals surface area contributed by atoms with Gasteiger partial charge in [-0.3, -0.25) is 4.98 Å². The normalized spacial score (nSPS) is 11.5. The standard InChI is InChI=1S/C21H26N4O3/c1-5-13-27-21-12-11-16(2)23-20(21)15-22-28-14-7-9-18-8-6-10-19(24-18)17(3)25-26-4/h5-6,8,10-12,15H,1,7,9,13-14H2,2-4H3/b22-15+,25-17+. The van der Waals surface area contributed by atoms with Crippen molar-refractivity contribution in [3.63, 3.8) is 0 Å². The molecule has 0 radical (unpaired) electrons. The van der Waals surface area contributed by atoms with Crippen LogP contribution in [0.5, 0.6) is 5.75 Å². The number of pyridine rings is 2. The van der Waals surface area contributed by atoms with Crippen LogP contribution in [0, 0.1) is 6.92 Å². The van der Waals surface area contributed by atoms with E-state index in [0.717, 1.165) is 35.6 Å². The van der Waals surface area contributed by atoms with Gasteiger partial charge >= 0.3 is 0 Å². The van der Waals surface area contributed by atoms with Crippen LogP contribution >= 0.6 is 0 Å². The van der Waals surface area contributed by atoms with Gasteiger partial charge in [-0.1, -0.05) is 29.0 Å². The third-order valence-corrected chi connectivity index (χ3v) is 3.71. The maximum absolute atomic E-state index is 5.57. The monoisotopic (exact) mass is 382 g/mol. The fourth-order valence-corrected chi connectivity index (χ4v) is 2.39. The Kier molecular flexibility index (Phi) is 8.65. The summed E-state index contributed by atoms with van der Waals surface area (Å²) in [6.07, 6.45) is 4.81.